The van der Waals surface area contributed by atoms with Crippen LogP contribution in [-0.4, -0.2) is 44.9 Å². The van der Waals surface area contributed by atoms with Gasteiger partial charge in [-0.2, -0.15) is 9.57 Å². The lowest BCUT2D eigenvalue weighted by Gasteiger charge is -2.32. The molecule has 114 valence electrons. The molecule has 1 aliphatic rings. The third-order valence-corrected chi connectivity index (χ3v) is 6.58. The van der Waals surface area contributed by atoms with Gasteiger partial charge in [0.05, 0.1) is 36.2 Å². The van der Waals surface area contributed by atoms with Crippen LogP contribution in [0.25, 0.3) is 0 Å². The fraction of sp³-hybridized carbons (Fsp3) is 0.462. The molecule has 2 rings (SSSR count). The zero-order valence-electron chi connectivity index (χ0n) is 11.5. The highest BCUT2D eigenvalue weighted by Crippen LogP contribution is 2.30. The smallest absolute Gasteiger partial charge is 0.245 e. The second-order valence-electron chi connectivity index (χ2n) is 4.97. The molecule has 1 aromatic rings. The average molecular weight is 349 g/mol. The summed E-state index contributed by atoms with van der Waals surface area (Å²) in [6.45, 7) is 3.78. The number of quaternary nitrogens is 1. The first-order valence-corrected chi connectivity index (χ1v) is 8.76. The molecule has 8 heteroatoms. The van der Waals surface area contributed by atoms with E-state index >= 15 is 0 Å². The van der Waals surface area contributed by atoms with Crippen LogP contribution in [0.1, 0.15) is 6.92 Å². The zero-order chi connectivity index (χ0) is 15.6. The van der Waals surface area contributed by atoms with E-state index in [-0.39, 0.29) is 21.0 Å². The second kappa shape index (κ2) is 6.51. The zero-order valence-corrected chi connectivity index (χ0v) is 13.8. The molecule has 1 aliphatic heterocycles. The largest absolute Gasteiger partial charge is 0.319 e. The average Bonchev–Trinajstić information content (AvgIpc) is 2.49. The number of rotatable bonds is 3. The molecular formula is C13H16Cl2N3O2S+. The van der Waals surface area contributed by atoms with E-state index in [9.17, 15) is 8.42 Å². The maximum absolute atomic E-state index is 12.6. The fourth-order valence-electron chi connectivity index (χ4n) is 2.36. The predicted molar refractivity (Wildman–Crippen MR) is 81.0 cm³/mol. The van der Waals surface area contributed by atoms with E-state index in [1.807, 2.05) is 6.92 Å². The standard InChI is InChI=1S/C13H15Cl2N3O2S/c1-10(9-16)17-5-7-18(8-6-17)21(19,20)12-4-2-3-11(14)13(12)15/h2-4,10H,5-8H2,1H3/p+1/t10-/m0/s1. The van der Waals surface area contributed by atoms with Crippen molar-refractivity contribution in [1.82, 2.24) is 4.31 Å². The van der Waals surface area contributed by atoms with E-state index < -0.39 is 10.0 Å². The van der Waals surface area contributed by atoms with Gasteiger partial charge < -0.3 is 4.90 Å². The van der Waals surface area contributed by atoms with Crippen LogP contribution in [0.3, 0.4) is 0 Å². The second-order valence-corrected chi connectivity index (χ2v) is 7.66. The maximum Gasteiger partial charge on any atom is 0.245 e. The molecular weight excluding hydrogens is 333 g/mol. The molecule has 0 aromatic heterocycles. The van der Waals surface area contributed by atoms with Gasteiger partial charge >= 0.3 is 0 Å². The Kier molecular flexibility index (Phi) is 5.12. The van der Waals surface area contributed by atoms with Gasteiger partial charge in [-0.25, -0.2) is 8.42 Å². The van der Waals surface area contributed by atoms with E-state index in [1.165, 1.54) is 10.4 Å². The number of piperazine rings is 1. The highest BCUT2D eigenvalue weighted by molar-refractivity contribution is 7.89. The molecule has 0 aliphatic carbocycles. The monoisotopic (exact) mass is 348 g/mol. The molecule has 0 saturated carbocycles. The van der Waals surface area contributed by atoms with E-state index in [1.54, 1.807) is 12.1 Å². The maximum atomic E-state index is 12.6. The Bertz CT molecular complexity index is 664. The van der Waals surface area contributed by atoms with Gasteiger partial charge in [0.25, 0.3) is 0 Å². The van der Waals surface area contributed by atoms with Crippen molar-refractivity contribution in [3.63, 3.8) is 0 Å². The van der Waals surface area contributed by atoms with Crippen molar-refractivity contribution in [2.24, 2.45) is 0 Å². The van der Waals surface area contributed by atoms with Crippen LogP contribution in [-0.2, 0) is 10.0 Å². The molecule has 0 radical (unpaired) electrons. The van der Waals surface area contributed by atoms with Gasteiger partial charge in [0.1, 0.15) is 11.0 Å². The molecule has 1 saturated heterocycles. The summed E-state index contributed by atoms with van der Waals surface area (Å²) in [5, 5.41) is 9.20. The highest BCUT2D eigenvalue weighted by atomic mass is 35.5. The lowest BCUT2D eigenvalue weighted by Crippen LogP contribution is -3.17. The summed E-state index contributed by atoms with van der Waals surface area (Å²) in [6.07, 6.45) is 0. The van der Waals surface area contributed by atoms with Gasteiger partial charge in [-0.1, -0.05) is 29.3 Å². The topological polar surface area (TPSA) is 65.6 Å². The van der Waals surface area contributed by atoms with Crippen molar-refractivity contribution in [2.45, 2.75) is 17.9 Å². The normalized spacial score (nSPS) is 19.1. The van der Waals surface area contributed by atoms with Crippen LogP contribution < -0.4 is 4.90 Å². The molecule has 1 heterocycles. The molecule has 0 unspecified atom stereocenters. The molecule has 0 spiro atoms. The van der Waals surface area contributed by atoms with Crippen LogP contribution in [0.15, 0.2) is 23.1 Å². The summed E-state index contributed by atoms with van der Waals surface area (Å²) in [7, 11) is -3.65. The summed E-state index contributed by atoms with van der Waals surface area (Å²) in [5.74, 6) is 0. The minimum absolute atomic E-state index is 0.0356. The van der Waals surface area contributed by atoms with E-state index in [0.717, 1.165) is 4.90 Å². The van der Waals surface area contributed by atoms with E-state index in [0.29, 0.717) is 26.2 Å². The third kappa shape index (κ3) is 3.33. The SMILES string of the molecule is C[C@@H](C#N)[NH+]1CCN(S(=O)(=O)c2cccc(Cl)c2Cl)CC1. The van der Waals surface area contributed by atoms with Gasteiger partial charge in [-0.3, -0.25) is 0 Å². The van der Waals surface area contributed by atoms with Gasteiger partial charge in [-0.05, 0) is 12.1 Å². The van der Waals surface area contributed by atoms with Crippen LogP contribution in [0, 0.1) is 11.3 Å². The van der Waals surface area contributed by atoms with E-state index in [2.05, 4.69) is 6.07 Å². The Labute approximate surface area is 134 Å². The molecule has 1 fully saturated rings. The highest BCUT2D eigenvalue weighted by Gasteiger charge is 2.33. The summed E-state index contributed by atoms with van der Waals surface area (Å²) in [4.78, 5) is 1.13. The quantitative estimate of drug-likeness (QED) is 0.878. The molecule has 0 amide bonds. The lowest BCUT2D eigenvalue weighted by atomic mass is 10.2. The molecule has 0 bridgehead atoms. The fourth-order valence-corrected chi connectivity index (χ4v) is 4.54. The van der Waals surface area contributed by atoms with Gasteiger partial charge in [-0.15, -0.1) is 0 Å². The van der Waals surface area contributed by atoms with Gasteiger partial charge in [0.2, 0.25) is 10.0 Å². The third-order valence-electron chi connectivity index (χ3n) is 3.70. The predicted octanol–water partition coefficient (Wildman–Crippen LogP) is 0.795. The Hall–Kier alpha value is -0.840. The summed E-state index contributed by atoms with van der Waals surface area (Å²) >= 11 is 11.9. The summed E-state index contributed by atoms with van der Waals surface area (Å²) < 4.78 is 26.6. The van der Waals surface area contributed by atoms with Crippen molar-refractivity contribution in [2.75, 3.05) is 26.2 Å². The number of sulfonamides is 1. The van der Waals surface area contributed by atoms with Crippen molar-refractivity contribution >= 4 is 33.2 Å². The van der Waals surface area contributed by atoms with Gasteiger partial charge in [0, 0.05) is 6.92 Å². The van der Waals surface area contributed by atoms with Gasteiger partial charge in [0.15, 0.2) is 6.04 Å². The first-order valence-electron chi connectivity index (χ1n) is 6.56. The molecule has 1 aromatic carbocycles. The Morgan fingerprint density at radius 2 is 1.95 bits per heavy atom. The van der Waals surface area contributed by atoms with E-state index in [4.69, 9.17) is 28.5 Å². The minimum Gasteiger partial charge on any atom is -0.319 e. The Morgan fingerprint density at radius 3 is 2.52 bits per heavy atom. The number of nitrogens with zero attached hydrogens (tertiary/aromatic N) is 2. The number of halogens is 2. The number of hydrogen-bond donors (Lipinski definition) is 1. The number of benzene rings is 1. The number of hydrogen-bond acceptors (Lipinski definition) is 3. The molecule has 21 heavy (non-hydrogen) atoms. The van der Waals surface area contributed by atoms with Crippen LogP contribution >= 0.6 is 23.2 Å². The van der Waals surface area contributed by atoms with Crippen molar-refractivity contribution < 1.29 is 13.3 Å². The number of nitriles is 1. The molecule has 1 atom stereocenters. The molecule has 1 N–H and O–H groups in total. The summed E-state index contributed by atoms with van der Waals surface area (Å²) in [5.41, 5.74) is 0. The van der Waals surface area contributed by atoms with Crippen molar-refractivity contribution in [1.29, 1.82) is 5.26 Å². The van der Waals surface area contributed by atoms with Crippen molar-refractivity contribution in [3.8, 4) is 6.07 Å². The molecule has 5 nitrogen and oxygen atoms in total. The Balaban J connectivity index is 2.19. The Morgan fingerprint density at radius 1 is 1.33 bits per heavy atom. The summed E-state index contributed by atoms with van der Waals surface area (Å²) in [6, 6.07) is 6.64. The van der Waals surface area contributed by atoms with Crippen LogP contribution in [0.5, 0.6) is 0 Å². The first kappa shape index (κ1) is 16.5. The van der Waals surface area contributed by atoms with Crippen molar-refractivity contribution in [3.05, 3.63) is 28.2 Å². The lowest BCUT2D eigenvalue weighted by molar-refractivity contribution is -0.918. The van der Waals surface area contributed by atoms with Crippen LogP contribution in [0.2, 0.25) is 10.0 Å². The minimum atomic E-state index is -3.65. The number of nitrogens with one attached hydrogen (secondary N) is 1. The first-order chi connectivity index (χ1) is 9.87. The van der Waals surface area contributed by atoms with Crippen LogP contribution in [0.4, 0.5) is 0 Å².